The van der Waals surface area contributed by atoms with Crippen molar-refractivity contribution in [1.29, 1.82) is 0 Å². The van der Waals surface area contributed by atoms with Crippen LogP contribution in [0.5, 0.6) is 0 Å². The normalized spacial score (nSPS) is 31.2. The number of rotatable bonds is 3. The molecule has 1 saturated heterocycles. The molecule has 3 nitrogen and oxygen atoms in total. The van der Waals surface area contributed by atoms with Crippen LogP contribution in [0.4, 0.5) is 0 Å². The maximum Gasteiger partial charge on any atom is 0.228 e. The van der Waals surface area contributed by atoms with Crippen molar-refractivity contribution in [2.45, 2.75) is 53.8 Å². The molecule has 0 aromatic rings. The van der Waals surface area contributed by atoms with Gasteiger partial charge in [-0.25, -0.2) is 0 Å². The molecule has 1 fully saturated rings. The quantitative estimate of drug-likeness (QED) is 0.802. The third-order valence-corrected chi connectivity index (χ3v) is 3.63. The maximum absolute atomic E-state index is 12.3. The third kappa shape index (κ3) is 2.10. The number of hydrogen-bond donors (Lipinski definition) is 1. The minimum atomic E-state index is -0.611. The Hall–Kier alpha value is -0.570. The summed E-state index contributed by atoms with van der Waals surface area (Å²) < 4.78 is 0. The first kappa shape index (κ1) is 13.5. The molecule has 0 radical (unpaired) electrons. The second-order valence-corrected chi connectivity index (χ2v) is 5.84. The third-order valence-electron chi connectivity index (χ3n) is 3.63. The number of nitrogens with zero attached hydrogens (tertiary/aromatic N) is 1. The zero-order valence-electron chi connectivity index (χ0n) is 11.3. The van der Waals surface area contributed by atoms with Crippen LogP contribution in [0.2, 0.25) is 0 Å². The number of aliphatic hydroxyl groups is 1. The van der Waals surface area contributed by atoms with Gasteiger partial charge in [-0.2, -0.15) is 0 Å². The van der Waals surface area contributed by atoms with Crippen molar-refractivity contribution in [2.75, 3.05) is 0 Å². The number of carbonyl (C=O) groups excluding carboxylic acids is 1. The molecule has 0 aliphatic carbocycles. The van der Waals surface area contributed by atoms with E-state index in [9.17, 15) is 9.90 Å². The number of carbonyl (C=O) groups is 1. The predicted octanol–water partition coefficient (Wildman–Crippen LogP) is 2.10. The van der Waals surface area contributed by atoms with Gasteiger partial charge in [-0.1, -0.05) is 27.7 Å². The zero-order valence-corrected chi connectivity index (χ0v) is 11.3. The molecule has 0 spiro atoms. The number of aliphatic hydroxyl groups excluding tert-OH is 1. The summed E-state index contributed by atoms with van der Waals surface area (Å²) in [5, 5.41) is 10.3. The molecule has 3 heteroatoms. The summed E-state index contributed by atoms with van der Waals surface area (Å²) in [6.07, 6.45) is -0.611. The molecule has 1 aliphatic rings. The van der Waals surface area contributed by atoms with Crippen molar-refractivity contribution in [1.82, 2.24) is 4.90 Å². The summed E-state index contributed by atoms with van der Waals surface area (Å²) in [4.78, 5) is 13.9. The highest BCUT2D eigenvalue weighted by molar-refractivity contribution is 5.82. The van der Waals surface area contributed by atoms with Crippen molar-refractivity contribution in [3.63, 3.8) is 0 Å². The molecule has 1 aliphatic heterocycles. The van der Waals surface area contributed by atoms with E-state index in [2.05, 4.69) is 27.7 Å². The van der Waals surface area contributed by atoms with Crippen molar-refractivity contribution < 1.29 is 9.90 Å². The van der Waals surface area contributed by atoms with E-state index in [0.717, 1.165) is 0 Å². The Morgan fingerprint density at radius 3 is 1.81 bits per heavy atom. The van der Waals surface area contributed by atoms with Gasteiger partial charge >= 0.3 is 0 Å². The Kier molecular flexibility index (Phi) is 4.00. The molecule has 0 aromatic carbocycles. The molecule has 0 bridgehead atoms. The predicted molar refractivity (Wildman–Crippen MR) is 64.6 cm³/mol. The molecule has 1 heterocycles. The van der Waals surface area contributed by atoms with Gasteiger partial charge in [-0.05, 0) is 25.7 Å². The van der Waals surface area contributed by atoms with Gasteiger partial charge in [0.25, 0.3) is 0 Å². The Bertz CT molecular complexity index is 261. The molecule has 3 unspecified atom stereocenters. The van der Waals surface area contributed by atoms with Gasteiger partial charge in [0.2, 0.25) is 5.91 Å². The first-order valence-electron chi connectivity index (χ1n) is 6.29. The molecule has 0 aromatic heterocycles. The molecule has 3 atom stereocenters. The van der Waals surface area contributed by atoms with E-state index >= 15 is 0 Å². The van der Waals surface area contributed by atoms with E-state index < -0.39 is 6.23 Å². The summed E-state index contributed by atoms with van der Waals surface area (Å²) in [7, 11) is 0. The van der Waals surface area contributed by atoms with E-state index in [4.69, 9.17) is 0 Å². The molecule has 1 amide bonds. The highest BCUT2D eigenvalue weighted by Crippen LogP contribution is 2.40. The summed E-state index contributed by atoms with van der Waals surface area (Å²) in [6.45, 7) is 12.2. The summed E-state index contributed by atoms with van der Waals surface area (Å²) in [5.41, 5.74) is 0. The van der Waals surface area contributed by atoms with Crippen LogP contribution in [0.3, 0.4) is 0 Å². The van der Waals surface area contributed by atoms with E-state index in [1.807, 2.05) is 13.8 Å². The van der Waals surface area contributed by atoms with Crippen LogP contribution in [0.25, 0.3) is 0 Å². The minimum absolute atomic E-state index is 0.0302. The van der Waals surface area contributed by atoms with Crippen LogP contribution >= 0.6 is 0 Å². The van der Waals surface area contributed by atoms with Gasteiger partial charge in [-0.3, -0.25) is 4.79 Å². The Balaban J connectivity index is 3.04. The zero-order chi connectivity index (χ0) is 12.6. The van der Waals surface area contributed by atoms with Crippen molar-refractivity contribution in [2.24, 2.45) is 23.7 Å². The van der Waals surface area contributed by atoms with E-state index in [1.165, 1.54) is 0 Å². The first-order chi connectivity index (χ1) is 7.29. The van der Waals surface area contributed by atoms with Crippen LogP contribution in [-0.2, 0) is 4.79 Å². The monoisotopic (exact) mass is 227 g/mol. The highest BCUT2D eigenvalue weighted by Gasteiger charge is 2.50. The fraction of sp³-hybridized carbons (Fsp3) is 0.923. The standard InChI is InChI=1S/C13H25NO2/c1-7(2)10-11(8(3)4)13(16)14(9(5)6)12(10)15/h7-12,15H,1-6H3. The molecular weight excluding hydrogens is 202 g/mol. The first-order valence-corrected chi connectivity index (χ1v) is 6.29. The maximum atomic E-state index is 12.3. The van der Waals surface area contributed by atoms with Crippen LogP contribution in [-0.4, -0.2) is 28.2 Å². The fourth-order valence-corrected chi connectivity index (χ4v) is 2.89. The lowest BCUT2D eigenvalue weighted by Crippen LogP contribution is -2.41. The van der Waals surface area contributed by atoms with Gasteiger partial charge in [0.15, 0.2) is 0 Å². The molecule has 1 N–H and O–H groups in total. The van der Waals surface area contributed by atoms with Gasteiger partial charge in [0.1, 0.15) is 6.23 Å². The van der Waals surface area contributed by atoms with Crippen molar-refractivity contribution in [3.8, 4) is 0 Å². The summed E-state index contributed by atoms with van der Waals surface area (Å²) in [6, 6.07) is 0.0764. The Morgan fingerprint density at radius 2 is 1.56 bits per heavy atom. The number of likely N-dealkylation sites (tertiary alicyclic amines) is 1. The summed E-state index contributed by atoms with van der Waals surface area (Å²) >= 11 is 0. The molecule has 0 saturated carbocycles. The lowest BCUT2D eigenvalue weighted by molar-refractivity contribution is -0.138. The molecule has 94 valence electrons. The highest BCUT2D eigenvalue weighted by atomic mass is 16.3. The average molecular weight is 227 g/mol. The van der Waals surface area contributed by atoms with Gasteiger partial charge in [0.05, 0.1) is 0 Å². The van der Waals surface area contributed by atoms with Gasteiger partial charge in [0, 0.05) is 17.9 Å². The van der Waals surface area contributed by atoms with Gasteiger partial charge in [-0.15, -0.1) is 0 Å². The minimum Gasteiger partial charge on any atom is -0.373 e. The molecule has 1 rings (SSSR count). The average Bonchev–Trinajstić information content (AvgIpc) is 2.36. The van der Waals surface area contributed by atoms with Gasteiger partial charge < -0.3 is 10.0 Å². The largest absolute Gasteiger partial charge is 0.373 e. The Labute approximate surface area is 98.8 Å². The lowest BCUT2D eigenvalue weighted by Gasteiger charge is -2.28. The number of amides is 1. The van der Waals surface area contributed by atoms with Crippen molar-refractivity contribution in [3.05, 3.63) is 0 Å². The lowest BCUT2D eigenvalue weighted by atomic mass is 9.78. The van der Waals surface area contributed by atoms with E-state index in [1.54, 1.807) is 4.90 Å². The van der Waals surface area contributed by atoms with E-state index in [-0.39, 0.29) is 23.8 Å². The van der Waals surface area contributed by atoms with Crippen LogP contribution < -0.4 is 0 Å². The van der Waals surface area contributed by atoms with E-state index in [0.29, 0.717) is 11.8 Å². The molecular formula is C13H25NO2. The fourth-order valence-electron chi connectivity index (χ4n) is 2.89. The smallest absolute Gasteiger partial charge is 0.228 e. The van der Waals surface area contributed by atoms with Crippen LogP contribution in [0, 0.1) is 23.7 Å². The summed E-state index contributed by atoms with van der Waals surface area (Å²) in [5.74, 6) is 0.775. The van der Waals surface area contributed by atoms with Crippen LogP contribution in [0.15, 0.2) is 0 Å². The topological polar surface area (TPSA) is 40.5 Å². The molecule has 16 heavy (non-hydrogen) atoms. The number of hydrogen-bond acceptors (Lipinski definition) is 2. The Morgan fingerprint density at radius 1 is 1.06 bits per heavy atom. The SMILES string of the molecule is CC(C)C1C(=O)N(C(C)C)C(O)C1C(C)C. The second-order valence-electron chi connectivity index (χ2n) is 5.84. The van der Waals surface area contributed by atoms with Crippen molar-refractivity contribution >= 4 is 5.91 Å². The van der Waals surface area contributed by atoms with Crippen LogP contribution in [0.1, 0.15) is 41.5 Å². The second kappa shape index (κ2) is 4.74.